The molecule has 2 aliphatic heterocycles. The summed E-state index contributed by atoms with van der Waals surface area (Å²) in [5.74, 6) is 6.00. The largest absolute Gasteiger partial charge is 0.463 e. The van der Waals surface area contributed by atoms with Crippen molar-refractivity contribution < 1.29 is 19.1 Å². The third kappa shape index (κ3) is 11.6. The molecular formula is C26H34O4S6. The van der Waals surface area contributed by atoms with Crippen molar-refractivity contribution >= 4 is 82.5 Å². The summed E-state index contributed by atoms with van der Waals surface area (Å²) in [5, 5.41) is 1.15. The maximum atomic E-state index is 11.1. The van der Waals surface area contributed by atoms with Gasteiger partial charge in [0.25, 0.3) is 0 Å². The van der Waals surface area contributed by atoms with Gasteiger partial charge in [0.05, 0.1) is 22.4 Å². The first-order valence-corrected chi connectivity index (χ1v) is 18.2. The van der Waals surface area contributed by atoms with Crippen LogP contribution in [0.3, 0.4) is 0 Å². The molecule has 1 aromatic rings. The van der Waals surface area contributed by atoms with E-state index in [1.165, 1.54) is 23.3 Å². The lowest BCUT2D eigenvalue weighted by Gasteiger charge is -2.11. The number of carbonyl (C=O) groups is 2. The van der Waals surface area contributed by atoms with Crippen LogP contribution in [0.4, 0.5) is 0 Å². The maximum Gasteiger partial charge on any atom is 0.330 e. The van der Waals surface area contributed by atoms with Crippen LogP contribution in [0.1, 0.15) is 24.0 Å². The van der Waals surface area contributed by atoms with E-state index in [9.17, 15) is 9.59 Å². The highest BCUT2D eigenvalue weighted by atomic mass is 32.2. The molecule has 2 aliphatic rings. The van der Waals surface area contributed by atoms with Gasteiger partial charge in [-0.2, -0.15) is 23.5 Å². The molecule has 3 rings (SSSR count). The Morgan fingerprint density at radius 3 is 1.61 bits per heavy atom. The first kappa shape index (κ1) is 30.3. The van der Waals surface area contributed by atoms with Crippen LogP contribution in [0.25, 0.3) is 0 Å². The Bertz CT molecular complexity index is 780. The zero-order valence-electron chi connectivity index (χ0n) is 20.3. The van der Waals surface area contributed by atoms with Crippen LogP contribution in [0, 0.1) is 0 Å². The molecule has 0 N–H and O–H groups in total. The van der Waals surface area contributed by atoms with Gasteiger partial charge in [-0.3, -0.25) is 0 Å². The molecule has 2 saturated heterocycles. The monoisotopic (exact) mass is 602 g/mol. The number of esters is 2. The highest BCUT2D eigenvalue weighted by Gasteiger charge is 2.26. The predicted molar refractivity (Wildman–Crippen MR) is 166 cm³/mol. The molecule has 2 fully saturated rings. The van der Waals surface area contributed by atoms with E-state index in [2.05, 4.69) is 37.4 Å². The number of ether oxygens (including phenoxy) is 2. The molecule has 0 aromatic heterocycles. The lowest BCUT2D eigenvalue weighted by Crippen LogP contribution is -2.09. The van der Waals surface area contributed by atoms with Gasteiger partial charge in [0.1, 0.15) is 0 Å². The first-order chi connectivity index (χ1) is 17.6. The van der Waals surface area contributed by atoms with Crippen molar-refractivity contribution in [2.45, 2.75) is 44.0 Å². The molecular weight excluding hydrogens is 569 g/mol. The zero-order chi connectivity index (χ0) is 25.6. The van der Waals surface area contributed by atoms with E-state index >= 15 is 0 Å². The van der Waals surface area contributed by atoms with Gasteiger partial charge >= 0.3 is 11.9 Å². The average molecular weight is 603 g/mol. The molecule has 10 heteroatoms. The Morgan fingerprint density at radius 2 is 1.22 bits per heavy atom. The molecule has 4 atom stereocenters. The highest BCUT2D eigenvalue weighted by molar-refractivity contribution is 8.21. The van der Waals surface area contributed by atoms with Crippen LogP contribution < -0.4 is 0 Å². The summed E-state index contributed by atoms with van der Waals surface area (Å²) in [4.78, 5) is 22.3. The van der Waals surface area contributed by atoms with Crippen LogP contribution in [0.15, 0.2) is 49.6 Å². The summed E-state index contributed by atoms with van der Waals surface area (Å²) in [6.07, 6.45) is 4.29. The van der Waals surface area contributed by atoms with Gasteiger partial charge < -0.3 is 9.47 Å². The summed E-state index contributed by atoms with van der Waals surface area (Å²) in [7, 11) is 0. The van der Waals surface area contributed by atoms with Crippen molar-refractivity contribution in [2.24, 2.45) is 0 Å². The third-order valence-electron chi connectivity index (χ3n) is 5.39. The van der Waals surface area contributed by atoms with Gasteiger partial charge in [-0.25, -0.2) is 9.59 Å². The van der Waals surface area contributed by atoms with Crippen LogP contribution in [0.2, 0.25) is 0 Å². The molecule has 198 valence electrons. The van der Waals surface area contributed by atoms with Gasteiger partial charge in [-0.1, -0.05) is 37.4 Å². The minimum Gasteiger partial charge on any atom is -0.463 e. The van der Waals surface area contributed by atoms with Crippen molar-refractivity contribution in [3.05, 3.63) is 60.7 Å². The fourth-order valence-electron chi connectivity index (χ4n) is 3.47. The van der Waals surface area contributed by atoms with Crippen molar-refractivity contribution in [1.29, 1.82) is 0 Å². The fourth-order valence-corrected chi connectivity index (χ4v) is 13.2. The zero-order valence-corrected chi connectivity index (χ0v) is 25.2. The second-order valence-corrected chi connectivity index (χ2v) is 16.4. The van der Waals surface area contributed by atoms with E-state index in [-0.39, 0.29) is 11.9 Å². The van der Waals surface area contributed by atoms with Gasteiger partial charge in [-0.15, -0.1) is 47.0 Å². The van der Waals surface area contributed by atoms with Crippen molar-refractivity contribution in [3.63, 3.8) is 0 Å². The lowest BCUT2D eigenvalue weighted by molar-refractivity contribution is -0.138. The molecule has 4 nitrogen and oxygen atoms in total. The Morgan fingerprint density at radius 1 is 0.806 bits per heavy atom. The summed E-state index contributed by atoms with van der Waals surface area (Å²) in [6.45, 7) is 7.83. The van der Waals surface area contributed by atoms with Crippen molar-refractivity contribution in [1.82, 2.24) is 0 Å². The average Bonchev–Trinajstić information content (AvgIpc) is 3.54. The van der Waals surface area contributed by atoms with E-state index in [4.69, 9.17) is 9.47 Å². The van der Waals surface area contributed by atoms with Crippen LogP contribution in [-0.2, 0) is 30.6 Å². The molecule has 2 heterocycles. The quantitative estimate of drug-likeness (QED) is 0.150. The number of carbonyl (C=O) groups excluding carboxylic acids is 2. The minimum absolute atomic E-state index is 0.329. The topological polar surface area (TPSA) is 52.6 Å². The molecule has 0 bridgehead atoms. The van der Waals surface area contributed by atoms with Crippen LogP contribution >= 0.6 is 70.6 Å². The van der Waals surface area contributed by atoms with Gasteiger partial charge in [0, 0.05) is 57.2 Å². The smallest absolute Gasteiger partial charge is 0.330 e. The first-order valence-electron chi connectivity index (χ1n) is 11.9. The Labute approximate surface area is 241 Å². The number of benzene rings is 1. The normalized spacial score (nSPS) is 23.3. The Kier molecular flexibility index (Phi) is 14.6. The fraction of sp³-hybridized carbons (Fsp3) is 0.538. The second-order valence-electron chi connectivity index (χ2n) is 8.21. The Hall–Kier alpha value is -0.260. The number of rotatable bonds is 16. The Balaban J connectivity index is 1.23. The summed E-state index contributed by atoms with van der Waals surface area (Å²) < 4.78 is 11.5. The molecule has 1 aromatic carbocycles. The van der Waals surface area contributed by atoms with Crippen LogP contribution in [-0.4, -0.2) is 67.8 Å². The van der Waals surface area contributed by atoms with E-state index < -0.39 is 0 Å². The number of hydrogen-bond donors (Lipinski definition) is 0. The lowest BCUT2D eigenvalue weighted by atomic mass is 10.2. The SMILES string of the molecule is C=CC(=O)OCCC1CSC(CSCc2ccc(CSCC3SCC(CCOC(=O)C=C)S3)cc2)S1. The van der Waals surface area contributed by atoms with E-state index in [1.807, 2.05) is 70.6 Å². The number of hydrogen-bond acceptors (Lipinski definition) is 10. The van der Waals surface area contributed by atoms with E-state index in [0.29, 0.717) is 32.9 Å². The summed E-state index contributed by atoms with van der Waals surface area (Å²) in [6, 6.07) is 9.09. The molecule has 0 aliphatic carbocycles. The van der Waals surface area contributed by atoms with Gasteiger partial charge in [-0.05, 0) is 24.0 Å². The molecule has 36 heavy (non-hydrogen) atoms. The molecule has 0 spiro atoms. The maximum absolute atomic E-state index is 11.1. The van der Waals surface area contributed by atoms with E-state index in [0.717, 1.165) is 47.4 Å². The summed E-state index contributed by atoms with van der Waals surface area (Å²) >= 11 is 12.1. The second kappa shape index (κ2) is 17.4. The predicted octanol–water partition coefficient (Wildman–Crippen LogP) is 6.74. The highest BCUT2D eigenvalue weighted by Crippen LogP contribution is 2.42. The third-order valence-corrected chi connectivity index (χ3v) is 15.1. The minimum atomic E-state index is -0.329. The summed E-state index contributed by atoms with van der Waals surface area (Å²) in [5.41, 5.74) is 2.77. The van der Waals surface area contributed by atoms with Crippen molar-refractivity contribution in [2.75, 3.05) is 36.2 Å². The van der Waals surface area contributed by atoms with Gasteiger partial charge in [0.15, 0.2) is 0 Å². The molecule has 4 unspecified atom stereocenters. The number of thioether (sulfide) groups is 6. The van der Waals surface area contributed by atoms with Crippen molar-refractivity contribution in [3.8, 4) is 0 Å². The molecule has 0 radical (unpaired) electrons. The molecule has 0 amide bonds. The standard InChI is InChI=1S/C26H34O4S6/c1-3-23(27)29-11-9-21-15-33-25(35-21)17-31-13-19-5-7-20(8-6-19)14-32-18-26-34-16-22(36-26)10-12-30-24(28)4-2/h3-8,21-22,25-26H,1-2,9-18H2. The van der Waals surface area contributed by atoms with Gasteiger partial charge in [0.2, 0.25) is 0 Å². The van der Waals surface area contributed by atoms with E-state index in [1.54, 1.807) is 0 Å². The van der Waals surface area contributed by atoms with Crippen LogP contribution in [0.5, 0.6) is 0 Å². The molecule has 0 saturated carbocycles.